The molecule has 0 unspecified atom stereocenters. The molecule has 2 amide bonds. The van der Waals surface area contributed by atoms with Gasteiger partial charge in [0.15, 0.2) is 17.5 Å². The summed E-state index contributed by atoms with van der Waals surface area (Å²) in [6, 6.07) is 11.9. The summed E-state index contributed by atoms with van der Waals surface area (Å²) in [6.45, 7) is 2.19. The number of carbonyl (C=O) groups is 2. The Kier molecular flexibility index (Phi) is 5.92. The van der Waals surface area contributed by atoms with Gasteiger partial charge < -0.3 is 10.2 Å². The van der Waals surface area contributed by atoms with Gasteiger partial charge in [-0.1, -0.05) is 18.2 Å². The lowest BCUT2D eigenvalue weighted by molar-refractivity contribution is 0.0988. The Morgan fingerprint density at radius 3 is 2.34 bits per heavy atom. The predicted octanol–water partition coefficient (Wildman–Crippen LogP) is 4.42. The molecule has 3 aromatic rings. The zero-order valence-electron chi connectivity index (χ0n) is 15.3. The van der Waals surface area contributed by atoms with Crippen LogP contribution in [0.5, 0.6) is 0 Å². The first-order valence-electron chi connectivity index (χ1n) is 8.69. The van der Waals surface area contributed by atoms with E-state index in [1.807, 2.05) is 6.07 Å². The molecule has 1 heterocycles. The number of benzene rings is 2. The Hall–Kier alpha value is -3.68. The van der Waals surface area contributed by atoms with Crippen LogP contribution in [0.25, 0.3) is 0 Å². The zero-order chi connectivity index (χ0) is 21.0. The van der Waals surface area contributed by atoms with Crippen molar-refractivity contribution in [1.82, 2.24) is 4.98 Å². The van der Waals surface area contributed by atoms with E-state index in [4.69, 9.17) is 0 Å². The second kappa shape index (κ2) is 8.55. The number of halogens is 3. The molecule has 5 nitrogen and oxygen atoms in total. The number of nitrogens with zero attached hydrogens (tertiary/aromatic N) is 2. The van der Waals surface area contributed by atoms with Gasteiger partial charge in [-0.25, -0.2) is 13.2 Å². The van der Waals surface area contributed by atoms with Gasteiger partial charge in [0.05, 0.1) is 16.8 Å². The van der Waals surface area contributed by atoms with E-state index >= 15 is 0 Å². The van der Waals surface area contributed by atoms with Crippen LogP contribution in [0.1, 0.15) is 27.6 Å². The predicted molar refractivity (Wildman–Crippen MR) is 102 cm³/mol. The standard InChI is InChI=1S/C21H16F3N3O2/c1-2-27(15-6-4-3-5-7-15)21(29)14-10-13(11-25-12-14)20(28)26-17-9-8-16(22)18(23)19(17)24/h3-12H,2H2,1H3,(H,26,28). The minimum atomic E-state index is -1.69. The van der Waals surface area contributed by atoms with E-state index in [1.165, 1.54) is 23.4 Å². The van der Waals surface area contributed by atoms with Gasteiger partial charge in [0.2, 0.25) is 0 Å². The van der Waals surface area contributed by atoms with E-state index in [0.29, 0.717) is 18.3 Å². The molecule has 3 rings (SSSR count). The summed E-state index contributed by atoms with van der Waals surface area (Å²) >= 11 is 0. The highest BCUT2D eigenvalue weighted by Gasteiger charge is 2.20. The Bertz CT molecular complexity index is 1060. The number of nitrogens with one attached hydrogen (secondary N) is 1. The number of rotatable bonds is 5. The molecule has 0 saturated carbocycles. The summed E-state index contributed by atoms with van der Waals surface area (Å²) in [6.07, 6.45) is 2.49. The lowest BCUT2D eigenvalue weighted by Crippen LogP contribution is -2.31. The van der Waals surface area contributed by atoms with Crippen molar-refractivity contribution in [3.63, 3.8) is 0 Å². The van der Waals surface area contributed by atoms with Gasteiger partial charge in [0.1, 0.15) is 0 Å². The molecule has 0 spiro atoms. The van der Waals surface area contributed by atoms with Crippen LogP contribution in [0.2, 0.25) is 0 Å². The van der Waals surface area contributed by atoms with Crippen LogP contribution in [0.15, 0.2) is 60.9 Å². The number of amides is 2. The molecule has 0 radical (unpaired) electrons. The Morgan fingerprint density at radius 2 is 1.66 bits per heavy atom. The molecule has 0 aliphatic rings. The van der Waals surface area contributed by atoms with Crippen molar-refractivity contribution in [2.24, 2.45) is 0 Å². The maximum absolute atomic E-state index is 13.8. The second-order valence-corrected chi connectivity index (χ2v) is 6.02. The van der Waals surface area contributed by atoms with Crippen molar-refractivity contribution < 1.29 is 22.8 Å². The monoisotopic (exact) mass is 399 g/mol. The van der Waals surface area contributed by atoms with Gasteiger partial charge in [-0.05, 0) is 37.3 Å². The largest absolute Gasteiger partial charge is 0.319 e. The number of hydrogen-bond acceptors (Lipinski definition) is 3. The lowest BCUT2D eigenvalue weighted by Gasteiger charge is -2.21. The van der Waals surface area contributed by atoms with Gasteiger partial charge >= 0.3 is 0 Å². The molecule has 0 atom stereocenters. The van der Waals surface area contributed by atoms with Gasteiger partial charge in [0, 0.05) is 24.6 Å². The third-order valence-electron chi connectivity index (χ3n) is 4.16. The number of pyridine rings is 1. The van der Waals surface area contributed by atoms with E-state index in [2.05, 4.69) is 10.3 Å². The van der Waals surface area contributed by atoms with Gasteiger partial charge in [-0.15, -0.1) is 0 Å². The highest BCUT2D eigenvalue weighted by Crippen LogP contribution is 2.21. The van der Waals surface area contributed by atoms with Crippen LogP contribution >= 0.6 is 0 Å². The molecule has 148 valence electrons. The summed E-state index contributed by atoms with van der Waals surface area (Å²) in [5.74, 6) is -5.76. The number of carbonyl (C=O) groups excluding carboxylic acids is 2. The average molecular weight is 399 g/mol. The van der Waals surface area contributed by atoms with E-state index in [-0.39, 0.29) is 17.0 Å². The van der Waals surface area contributed by atoms with Crippen molar-refractivity contribution in [2.75, 3.05) is 16.8 Å². The number of hydrogen-bond donors (Lipinski definition) is 1. The van der Waals surface area contributed by atoms with Crippen LogP contribution in [0.3, 0.4) is 0 Å². The second-order valence-electron chi connectivity index (χ2n) is 6.02. The lowest BCUT2D eigenvalue weighted by atomic mass is 10.1. The Balaban J connectivity index is 1.84. The fourth-order valence-corrected chi connectivity index (χ4v) is 2.71. The van der Waals surface area contributed by atoms with Crippen molar-refractivity contribution in [1.29, 1.82) is 0 Å². The molecular formula is C21H16F3N3O2. The van der Waals surface area contributed by atoms with E-state index in [1.54, 1.807) is 31.2 Å². The SMILES string of the molecule is CCN(C(=O)c1cncc(C(=O)Nc2ccc(F)c(F)c2F)c1)c1ccccc1. The average Bonchev–Trinajstić information content (AvgIpc) is 2.75. The molecule has 0 aliphatic heterocycles. The first-order valence-corrected chi connectivity index (χ1v) is 8.69. The molecule has 0 fully saturated rings. The van der Waals surface area contributed by atoms with E-state index < -0.39 is 29.0 Å². The molecule has 8 heteroatoms. The normalized spacial score (nSPS) is 10.5. The molecule has 2 aromatic carbocycles. The molecule has 29 heavy (non-hydrogen) atoms. The third-order valence-corrected chi connectivity index (χ3v) is 4.16. The highest BCUT2D eigenvalue weighted by atomic mass is 19.2. The van der Waals surface area contributed by atoms with E-state index in [0.717, 1.165) is 6.07 Å². The topological polar surface area (TPSA) is 62.3 Å². The third kappa shape index (κ3) is 4.26. The van der Waals surface area contributed by atoms with Crippen LogP contribution in [0.4, 0.5) is 24.5 Å². The summed E-state index contributed by atoms with van der Waals surface area (Å²) in [5.41, 5.74) is 0.266. The van der Waals surface area contributed by atoms with Crippen LogP contribution in [0, 0.1) is 17.5 Å². The highest BCUT2D eigenvalue weighted by molar-refractivity contribution is 6.09. The van der Waals surface area contributed by atoms with Crippen LogP contribution in [-0.4, -0.2) is 23.3 Å². The number of aromatic nitrogens is 1. The molecule has 0 saturated heterocycles. The molecule has 0 aliphatic carbocycles. The fraction of sp³-hybridized carbons (Fsp3) is 0.0952. The number of anilines is 2. The summed E-state index contributed by atoms with van der Waals surface area (Å²) < 4.78 is 40.1. The molecule has 0 bridgehead atoms. The number of para-hydroxylation sites is 1. The zero-order valence-corrected chi connectivity index (χ0v) is 15.3. The maximum atomic E-state index is 13.8. The minimum Gasteiger partial charge on any atom is -0.319 e. The summed E-state index contributed by atoms with van der Waals surface area (Å²) in [5, 5.41) is 2.15. The molecule has 1 N–H and O–H groups in total. The van der Waals surface area contributed by atoms with Gasteiger partial charge in [0.25, 0.3) is 11.8 Å². The molecular weight excluding hydrogens is 383 g/mol. The van der Waals surface area contributed by atoms with Gasteiger partial charge in [-0.3, -0.25) is 14.6 Å². The first kappa shape index (κ1) is 20.1. The summed E-state index contributed by atoms with van der Waals surface area (Å²) in [7, 11) is 0. The first-order chi connectivity index (χ1) is 13.9. The Labute approximate surface area is 164 Å². The Morgan fingerprint density at radius 1 is 0.966 bits per heavy atom. The van der Waals surface area contributed by atoms with Crippen molar-refractivity contribution >= 4 is 23.2 Å². The van der Waals surface area contributed by atoms with Crippen molar-refractivity contribution in [3.8, 4) is 0 Å². The fourth-order valence-electron chi connectivity index (χ4n) is 2.71. The van der Waals surface area contributed by atoms with Crippen molar-refractivity contribution in [3.05, 3.63) is 89.5 Å². The van der Waals surface area contributed by atoms with Gasteiger partial charge in [-0.2, -0.15) is 0 Å². The quantitative estimate of drug-likeness (QED) is 0.646. The smallest absolute Gasteiger partial charge is 0.259 e. The van der Waals surface area contributed by atoms with Crippen LogP contribution < -0.4 is 10.2 Å². The molecule has 1 aromatic heterocycles. The van der Waals surface area contributed by atoms with E-state index in [9.17, 15) is 22.8 Å². The summed E-state index contributed by atoms with van der Waals surface area (Å²) in [4.78, 5) is 30.6. The van der Waals surface area contributed by atoms with Crippen molar-refractivity contribution in [2.45, 2.75) is 6.92 Å². The maximum Gasteiger partial charge on any atom is 0.259 e. The van der Waals surface area contributed by atoms with Crippen LogP contribution in [-0.2, 0) is 0 Å². The minimum absolute atomic E-state index is 0.0379.